The number of esters is 1. The fourth-order valence-electron chi connectivity index (χ4n) is 2.80. The summed E-state index contributed by atoms with van der Waals surface area (Å²) >= 11 is 0. The molecule has 0 spiro atoms. The molecular weight excluding hydrogens is 434 g/mol. The minimum atomic E-state index is -3.93. The van der Waals surface area contributed by atoms with Crippen LogP contribution < -0.4 is 4.74 Å². The number of para-hydroxylation sites is 1. The van der Waals surface area contributed by atoms with E-state index >= 15 is 0 Å². The second-order valence-electron chi connectivity index (χ2n) is 7.04. The summed E-state index contributed by atoms with van der Waals surface area (Å²) in [5.74, 6) is -0.262. The smallest absolute Gasteiger partial charge is 0.335 e. The molecule has 0 aliphatic heterocycles. The molecule has 3 aromatic rings. The van der Waals surface area contributed by atoms with E-state index in [0.717, 1.165) is 17.2 Å². The molecule has 166 valence electrons. The summed E-state index contributed by atoms with van der Waals surface area (Å²) < 4.78 is 35.1. The molecule has 0 unspecified atom stereocenters. The van der Waals surface area contributed by atoms with Gasteiger partial charge in [-0.15, -0.1) is 0 Å². The molecule has 5 nitrogen and oxygen atoms in total. The van der Waals surface area contributed by atoms with E-state index in [1.54, 1.807) is 60.7 Å². The molecule has 0 bridgehead atoms. The lowest BCUT2D eigenvalue weighted by atomic mass is 10.1. The fraction of sp³-hybridized carbons (Fsp3) is 0.0370. The van der Waals surface area contributed by atoms with Crippen molar-refractivity contribution in [2.45, 2.75) is 11.8 Å². The standard InChI is InChI=1S/C27H23NO4S/c1-3-27(29)32-26-12-8-7-11-23(26)16-18-24(17-15-22-9-5-4-6-10-22)28-33(30,31)25-19-13-21(2)14-20-25/h3-20H,1H2,2H3/b17-15+,18-16+,28-24+. The van der Waals surface area contributed by atoms with Crippen LogP contribution in [0.5, 0.6) is 5.75 Å². The first-order valence-electron chi connectivity index (χ1n) is 10.1. The maximum absolute atomic E-state index is 12.9. The predicted octanol–water partition coefficient (Wildman–Crippen LogP) is 5.64. The molecule has 0 heterocycles. The van der Waals surface area contributed by atoms with Crippen LogP contribution in [0.1, 0.15) is 16.7 Å². The van der Waals surface area contributed by atoms with Gasteiger partial charge in [-0.3, -0.25) is 0 Å². The van der Waals surface area contributed by atoms with E-state index in [4.69, 9.17) is 4.74 Å². The van der Waals surface area contributed by atoms with E-state index in [1.807, 2.05) is 37.3 Å². The highest BCUT2D eigenvalue weighted by atomic mass is 32.2. The molecule has 0 aliphatic rings. The molecule has 0 saturated heterocycles. The Bertz CT molecular complexity index is 1320. The van der Waals surface area contributed by atoms with Gasteiger partial charge in [-0.2, -0.15) is 12.8 Å². The maximum Gasteiger partial charge on any atom is 0.335 e. The number of allylic oxidation sites excluding steroid dienone is 2. The van der Waals surface area contributed by atoms with Gasteiger partial charge in [0.25, 0.3) is 10.0 Å². The van der Waals surface area contributed by atoms with Crippen LogP contribution in [0.2, 0.25) is 0 Å². The number of rotatable bonds is 8. The topological polar surface area (TPSA) is 72.8 Å². The zero-order valence-electron chi connectivity index (χ0n) is 18.1. The van der Waals surface area contributed by atoms with Crippen LogP contribution in [0.25, 0.3) is 12.2 Å². The molecule has 0 saturated carbocycles. The zero-order chi connectivity index (χ0) is 23.7. The van der Waals surface area contributed by atoms with Crippen LogP contribution in [0.3, 0.4) is 0 Å². The van der Waals surface area contributed by atoms with Gasteiger partial charge >= 0.3 is 5.97 Å². The lowest BCUT2D eigenvalue weighted by Crippen LogP contribution is -2.04. The largest absolute Gasteiger partial charge is 0.423 e. The molecule has 6 heteroatoms. The average molecular weight is 458 g/mol. The van der Waals surface area contributed by atoms with E-state index < -0.39 is 16.0 Å². The number of nitrogens with zero attached hydrogens (tertiary/aromatic N) is 1. The van der Waals surface area contributed by atoms with E-state index in [-0.39, 0.29) is 10.6 Å². The fourth-order valence-corrected chi connectivity index (χ4v) is 3.78. The lowest BCUT2D eigenvalue weighted by molar-refractivity contribution is -0.128. The average Bonchev–Trinajstić information content (AvgIpc) is 2.82. The Morgan fingerprint density at radius 3 is 2.21 bits per heavy atom. The highest BCUT2D eigenvalue weighted by molar-refractivity contribution is 7.90. The summed E-state index contributed by atoms with van der Waals surface area (Å²) in [6, 6.07) is 22.9. The van der Waals surface area contributed by atoms with Gasteiger partial charge < -0.3 is 4.74 Å². The monoisotopic (exact) mass is 457 g/mol. The van der Waals surface area contributed by atoms with Crippen molar-refractivity contribution in [3.63, 3.8) is 0 Å². The van der Waals surface area contributed by atoms with E-state index in [9.17, 15) is 13.2 Å². The Morgan fingerprint density at radius 2 is 1.52 bits per heavy atom. The minimum Gasteiger partial charge on any atom is -0.423 e. The molecule has 3 rings (SSSR count). The van der Waals surface area contributed by atoms with Gasteiger partial charge in [0, 0.05) is 11.6 Å². The molecule has 3 aromatic carbocycles. The Hall–Kier alpha value is -4.03. The normalized spacial score (nSPS) is 12.2. The van der Waals surface area contributed by atoms with Crippen molar-refractivity contribution in [2.75, 3.05) is 0 Å². The third kappa shape index (κ3) is 6.98. The van der Waals surface area contributed by atoms with Crippen molar-refractivity contribution in [1.82, 2.24) is 0 Å². The van der Waals surface area contributed by atoms with Crippen LogP contribution in [0.4, 0.5) is 0 Å². The number of hydrogen-bond acceptors (Lipinski definition) is 4. The van der Waals surface area contributed by atoms with Crippen molar-refractivity contribution >= 4 is 33.9 Å². The molecule has 0 radical (unpaired) electrons. The van der Waals surface area contributed by atoms with Gasteiger partial charge in [0.05, 0.1) is 10.6 Å². The van der Waals surface area contributed by atoms with Crippen LogP contribution in [0, 0.1) is 6.92 Å². The first-order valence-corrected chi connectivity index (χ1v) is 11.6. The van der Waals surface area contributed by atoms with Gasteiger partial charge in [-0.05, 0) is 48.9 Å². The van der Waals surface area contributed by atoms with E-state index in [1.165, 1.54) is 12.1 Å². The first-order chi connectivity index (χ1) is 15.9. The lowest BCUT2D eigenvalue weighted by Gasteiger charge is -2.05. The minimum absolute atomic E-state index is 0.104. The Kier molecular flexibility index (Phi) is 7.89. The van der Waals surface area contributed by atoms with Crippen molar-refractivity contribution in [1.29, 1.82) is 0 Å². The first kappa shape index (κ1) is 23.6. The summed E-state index contributed by atoms with van der Waals surface area (Å²) in [5.41, 5.74) is 2.64. The van der Waals surface area contributed by atoms with Gasteiger partial charge in [0.2, 0.25) is 0 Å². The van der Waals surface area contributed by atoms with Gasteiger partial charge in [0.1, 0.15) is 5.75 Å². The van der Waals surface area contributed by atoms with Crippen LogP contribution >= 0.6 is 0 Å². The van der Waals surface area contributed by atoms with Crippen molar-refractivity contribution in [2.24, 2.45) is 4.40 Å². The Labute approximate surface area is 194 Å². The van der Waals surface area contributed by atoms with Crippen molar-refractivity contribution < 1.29 is 17.9 Å². The molecule has 0 aliphatic carbocycles. The SMILES string of the molecule is C=CC(=O)Oc1ccccc1/C=C/C(/C=C/c1ccccc1)=N/S(=O)(=O)c1ccc(C)cc1. The van der Waals surface area contributed by atoms with Crippen molar-refractivity contribution in [3.05, 3.63) is 120 Å². The number of ether oxygens (including phenoxy) is 1. The van der Waals surface area contributed by atoms with Gasteiger partial charge in [-0.25, -0.2) is 4.79 Å². The van der Waals surface area contributed by atoms with Crippen LogP contribution in [0.15, 0.2) is 113 Å². The van der Waals surface area contributed by atoms with E-state index in [0.29, 0.717) is 11.3 Å². The quantitative estimate of drug-likeness (QED) is 0.190. The summed E-state index contributed by atoms with van der Waals surface area (Å²) in [7, 11) is -3.93. The number of hydrogen-bond donors (Lipinski definition) is 0. The summed E-state index contributed by atoms with van der Waals surface area (Å²) in [4.78, 5) is 11.7. The molecule has 0 atom stereocenters. The number of carbonyl (C=O) groups is 1. The molecule has 0 aromatic heterocycles. The highest BCUT2D eigenvalue weighted by Gasteiger charge is 2.13. The predicted molar refractivity (Wildman–Crippen MR) is 133 cm³/mol. The maximum atomic E-state index is 12.9. The zero-order valence-corrected chi connectivity index (χ0v) is 18.9. The molecule has 0 fully saturated rings. The molecule has 33 heavy (non-hydrogen) atoms. The number of sulfonamides is 1. The highest BCUT2D eigenvalue weighted by Crippen LogP contribution is 2.20. The third-order valence-corrected chi connectivity index (χ3v) is 5.84. The van der Waals surface area contributed by atoms with Gasteiger partial charge in [0.15, 0.2) is 0 Å². The number of benzene rings is 3. The Morgan fingerprint density at radius 1 is 0.879 bits per heavy atom. The molecular formula is C27H23NO4S. The summed E-state index contributed by atoms with van der Waals surface area (Å²) in [5, 5.41) is 0. The van der Waals surface area contributed by atoms with Crippen LogP contribution in [-0.2, 0) is 14.8 Å². The van der Waals surface area contributed by atoms with Crippen LogP contribution in [-0.4, -0.2) is 20.1 Å². The van der Waals surface area contributed by atoms with Crippen molar-refractivity contribution in [3.8, 4) is 5.75 Å². The summed E-state index contributed by atoms with van der Waals surface area (Å²) in [6.07, 6.45) is 7.67. The summed E-state index contributed by atoms with van der Waals surface area (Å²) in [6.45, 7) is 5.28. The number of carbonyl (C=O) groups excluding carboxylic acids is 1. The second kappa shape index (κ2) is 11.0. The van der Waals surface area contributed by atoms with Gasteiger partial charge in [-0.1, -0.05) is 78.9 Å². The Balaban J connectivity index is 2.00. The molecule has 0 N–H and O–H groups in total. The second-order valence-corrected chi connectivity index (χ2v) is 8.65. The number of aryl methyl sites for hydroxylation is 1. The third-order valence-electron chi connectivity index (χ3n) is 4.52. The molecule has 0 amide bonds. The van der Waals surface area contributed by atoms with E-state index in [2.05, 4.69) is 11.0 Å².